The first-order valence-electron chi connectivity index (χ1n) is 12.3. The van der Waals surface area contributed by atoms with Crippen molar-refractivity contribution < 1.29 is 23.1 Å². The van der Waals surface area contributed by atoms with Gasteiger partial charge in [0.2, 0.25) is 0 Å². The Morgan fingerprint density at radius 1 is 1.03 bits per heavy atom. The minimum absolute atomic E-state index is 0.00908. The molecule has 0 saturated carbocycles. The second-order valence-electron chi connectivity index (χ2n) is 9.03. The topological polar surface area (TPSA) is 116 Å². The first-order chi connectivity index (χ1) is 17.3. The number of rotatable bonds is 14. The SMILES string of the molecule is O=C(O)CNCCCCCCC1CCN(S(=O)(=O)c2ccc(CNC(=O)c3ccc(Cl)cc3)s2)CC1. The summed E-state index contributed by atoms with van der Waals surface area (Å²) in [5, 5.41) is 14.9. The number of carbonyl (C=O) groups is 2. The van der Waals surface area contributed by atoms with Gasteiger partial charge in [-0.15, -0.1) is 11.3 Å². The molecule has 198 valence electrons. The molecule has 0 atom stereocenters. The van der Waals surface area contributed by atoms with Gasteiger partial charge in [0.15, 0.2) is 0 Å². The molecule has 3 N–H and O–H groups in total. The first-order valence-corrected chi connectivity index (χ1v) is 14.9. The number of sulfonamides is 1. The van der Waals surface area contributed by atoms with Gasteiger partial charge in [-0.3, -0.25) is 9.59 Å². The third-order valence-electron chi connectivity index (χ3n) is 6.33. The lowest BCUT2D eigenvalue weighted by Crippen LogP contribution is -2.38. The normalized spacial score (nSPS) is 15.1. The summed E-state index contributed by atoms with van der Waals surface area (Å²) in [5.41, 5.74) is 0.499. The molecule has 2 heterocycles. The van der Waals surface area contributed by atoms with E-state index in [1.54, 1.807) is 40.7 Å². The third kappa shape index (κ3) is 8.85. The average molecular weight is 556 g/mol. The maximum atomic E-state index is 13.1. The van der Waals surface area contributed by atoms with Gasteiger partial charge in [-0.1, -0.05) is 37.3 Å². The zero-order chi connectivity index (χ0) is 26.0. The molecule has 1 fully saturated rings. The van der Waals surface area contributed by atoms with Crippen LogP contribution in [0.15, 0.2) is 40.6 Å². The standard InChI is InChI=1S/C25H34ClN3O5S2/c26-21-8-6-20(7-9-21)25(32)28-17-22-10-11-24(35-22)36(33,34)29-15-12-19(13-16-29)5-3-1-2-4-14-27-18-23(30)31/h6-11,19,27H,1-5,12-18H2,(H,28,32)(H,30,31). The summed E-state index contributed by atoms with van der Waals surface area (Å²) in [5.74, 6) is -0.522. The van der Waals surface area contributed by atoms with E-state index >= 15 is 0 Å². The number of hydrogen-bond acceptors (Lipinski definition) is 6. The van der Waals surface area contributed by atoms with Crippen molar-refractivity contribution in [2.24, 2.45) is 5.92 Å². The van der Waals surface area contributed by atoms with Crippen LogP contribution in [0.2, 0.25) is 5.02 Å². The number of carbonyl (C=O) groups excluding carboxylic acids is 1. The molecule has 0 aliphatic carbocycles. The van der Waals surface area contributed by atoms with E-state index in [1.807, 2.05) is 0 Å². The first kappa shape index (κ1) is 28.6. The number of amides is 1. The molecule has 1 aliphatic heterocycles. The van der Waals surface area contributed by atoms with E-state index in [1.165, 1.54) is 11.3 Å². The molecule has 0 unspecified atom stereocenters. The Balaban J connectivity index is 1.37. The Morgan fingerprint density at radius 2 is 1.72 bits per heavy atom. The second-order valence-corrected chi connectivity index (χ2v) is 12.8. The van der Waals surface area contributed by atoms with Crippen LogP contribution >= 0.6 is 22.9 Å². The van der Waals surface area contributed by atoms with Crippen LogP contribution in [0.5, 0.6) is 0 Å². The molecule has 8 nitrogen and oxygen atoms in total. The van der Waals surface area contributed by atoms with Crippen LogP contribution in [0.1, 0.15) is 60.2 Å². The van der Waals surface area contributed by atoms with E-state index in [0.29, 0.717) is 33.8 Å². The van der Waals surface area contributed by atoms with Crippen molar-refractivity contribution in [2.75, 3.05) is 26.2 Å². The number of carboxylic acid groups (broad SMARTS) is 1. The predicted molar refractivity (Wildman–Crippen MR) is 142 cm³/mol. The summed E-state index contributed by atoms with van der Waals surface area (Å²) < 4.78 is 28.1. The van der Waals surface area contributed by atoms with E-state index in [2.05, 4.69) is 10.6 Å². The number of aliphatic carboxylic acids is 1. The van der Waals surface area contributed by atoms with Gasteiger partial charge in [0.25, 0.3) is 15.9 Å². The molecule has 1 aromatic heterocycles. The zero-order valence-corrected chi connectivity index (χ0v) is 22.6. The number of carboxylic acids is 1. The van der Waals surface area contributed by atoms with Gasteiger partial charge >= 0.3 is 5.97 Å². The Kier molecular flexibility index (Phi) is 11.2. The zero-order valence-electron chi connectivity index (χ0n) is 20.2. The summed E-state index contributed by atoms with van der Waals surface area (Å²) in [6.07, 6.45) is 7.11. The van der Waals surface area contributed by atoms with Gasteiger partial charge < -0.3 is 15.7 Å². The van der Waals surface area contributed by atoms with Crippen LogP contribution in [0.3, 0.4) is 0 Å². The lowest BCUT2D eigenvalue weighted by molar-refractivity contribution is -0.135. The summed E-state index contributed by atoms with van der Waals surface area (Å²) >= 11 is 7.05. The number of nitrogens with zero attached hydrogens (tertiary/aromatic N) is 1. The largest absolute Gasteiger partial charge is 0.480 e. The van der Waals surface area contributed by atoms with E-state index in [4.69, 9.17) is 16.7 Å². The number of hydrogen-bond donors (Lipinski definition) is 3. The second kappa shape index (κ2) is 14.1. The highest BCUT2D eigenvalue weighted by atomic mass is 35.5. The molecule has 1 aliphatic rings. The molecule has 2 aromatic rings. The number of thiophene rings is 1. The molecule has 0 spiro atoms. The molecule has 1 saturated heterocycles. The van der Waals surface area contributed by atoms with Crippen molar-refractivity contribution in [1.29, 1.82) is 0 Å². The van der Waals surface area contributed by atoms with Gasteiger partial charge in [-0.25, -0.2) is 8.42 Å². The number of benzene rings is 1. The van der Waals surface area contributed by atoms with Crippen molar-refractivity contribution in [3.8, 4) is 0 Å². The van der Waals surface area contributed by atoms with E-state index in [9.17, 15) is 18.0 Å². The molecule has 36 heavy (non-hydrogen) atoms. The predicted octanol–water partition coefficient (Wildman–Crippen LogP) is 4.36. The fourth-order valence-electron chi connectivity index (χ4n) is 4.26. The van der Waals surface area contributed by atoms with Crippen molar-refractivity contribution in [3.05, 3.63) is 51.9 Å². The number of halogens is 1. The molecular weight excluding hydrogens is 522 g/mol. The summed E-state index contributed by atoms with van der Waals surface area (Å²) in [6.45, 7) is 2.06. The highest BCUT2D eigenvalue weighted by Crippen LogP contribution is 2.30. The quantitative estimate of drug-likeness (QED) is 0.298. The number of unbranched alkanes of at least 4 members (excludes halogenated alkanes) is 3. The van der Waals surface area contributed by atoms with Crippen LogP contribution in [0.4, 0.5) is 0 Å². The molecular formula is C25H34ClN3O5S2. The van der Waals surface area contributed by atoms with Gasteiger partial charge in [0.1, 0.15) is 4.21 Å². The minimum Gasteiger partial charge on any atom is -0.480 e. The Morgan fingerprint density at radius 3 is 2.42 bits per heavy atom. The van der Waals surface area contributed by atoms with E-state index < -0.39 is 16.0 Å². The third-order valence-corrected chi connectivity index (χ3v) is 10.0. The maximum absolute atomic E-state index is 13.1. The van der Waals surface area contributed by atoms with E-state index in [-0.39, 0.29) is 19.0 Å². The van der Waals surface area contributed by atoms with Gasteiger partial charge in [-0.2, -0.15) is 4.31 Å². The molecule has 0 radical (unpaired) electrons. The fourth-order valence-corrected chi connectivity index (χ4v) is 7.31. The average Bonchev–Trinajstić information content (AvgIpc) is 3.35. The minimum atomic E-state index is -3.53. The molecule has 1 aromatic carbocycles. The molecule has 0 bridgehead atoms. The van der Waals surface area contributed by atoms with Gasteiger partial charge in [0.05, 0.1) is 13.1 Å². The van der Waals surface area contributed by atoms with Crippen LogP contribution in [-0.4, -0.2) is 55.9 Å². The number of nitrogens with one attached hydrogen (secondary N) is 2. The van der Waals surface area contributed by atoms with Crippen molar-refractivity contribution in [2.45, 2.75) is 55.7 Å². The highest BCUT2D eigenvalue weighted by molar-refractivity contribution is 7.91. The molecule has 3 rings (SSSR count). The molecule has 1 amide bonds. The highest BCUT2D eigenvalue weighted by Gasteiger charge is 2.30. The maximum Gasteiger partial charge on any atom is 0.317 e. The van der Waals surface area contributed by atoms with Crippen molar-refractivity contribution in [3.63, 3.8) is 0 Å². The van der Waals surface area contributed by atoms with Gasteiger partial charge in [0, 0.05) is 28.6 Å². The van der Waals surface area contributed by atoms with Gasteiger partial charge in [-0.05, 0) is 68.1 Å². The Hall–Kier alpha value is -1.98. The van der Waals surface area contributed by atoms with Crippen LogP contribution in [0.25, 0.3) is 0 Å². The van der Waals surface area contributed by atoms with Crippen LogP contribution in [-0.2, 0) is 21.4 Å². The summed E-state index contributed by atoms with van der Waals surface area (Å²) in [7, 11) is -3.53. The Bertz CT molecular complexity index is 1100. The van der Waals surface area contributed by atoms with Crippen molar-refractivity contribution in [1.82, 2.24) is 14.9 Å². The summed E-state index contributed by atoms with van der Waals surface area (Å²) in [4.78, 5) is 23.5. The van der Waals surface area contributed by atoms with Crippen LogP contribution in [0, 0.1) is 5.92 Å². The smallest absolute Gasteiger partial charge is 0.317 e. The fraction of sp³-hybridized carbons (Fsp3) is 0.520. The lowest BCUT2D eigenvalue weighted by atomic mass is 9.92. The summed E-state index contributed by atoms with van der Waals surface area (Å²) in [6, 6.07) is 9.98. The van der Waals surface area contributed by atoms with E-state index in [0.717, 1.165) is 56.4 Å². The monoisotopic (exact) mass is 555 g/mol. The lowest BCUT2D eigenvalue weighted by Gasteiger charge is -2.30. The molecule has 11 heteroatoms. The van der Waals surface area contributed by atoms with Crippen molar-refractivity contribution >= 4 is 44.8 Å². The number of piperidine rings is 1. The van der Waals surface area contributed by atoms with Crippen LogP contribution < -0.4 is 10.6 Å². The Labute approximate surface area is 222 Å².